The molecule has 0 spiro atoms. The standard InChI is InChI=1S/C36H59N3O7/c1-25-22-26(2)32(27(3)23-25)33(35(42)43)34(41)29-8-10-30(11-9-29)46-21-20-44-18-16-38-12-14-39(15-13-38)17-19-45-24-31(40)37-28(4)36(5,6)7/h22-23,28-30,41H,8-21,24H2,1-7H3,(H,37,40)(H,42,43)/b34-33+. The van der Waals surface area contributed by atoms with E-state index in [1.54, 1.807) is 0 Å². The fraction of sp³-hybridized carbons (Fsp3) is 0.722. The Morgan fingerprint density at radius 2 is 1.41 bits per heavy atom. The number of carbonyl (C=O) groups excluding carboxylic acids is 1. The number of aryl methyl sites for hydroxylation is 3. The minimum Gasteiger partial charge on any atom is -0.511 e. The Hall–Kier alpha value is -2.50. The quantitative estimate of drug-likeness (QED) is 0.133. The first-order valence-electron chi connectivity index (χ1n) is 17.0. The molecule has 1 unspecified atom stereocenters. The first-order chi connectivity index (χ1) is 21.8. The summed E-state index contributed by atoms with van der Waals surface area (Å²) in [6.07, 6.45) is 3.06. The summed E-state index contributed by atoms with van der Waals surface area (Å²) in [4.78, 5) is 29.1. The van der Waals surface area contributed by atoms with Gasteiger partial charge in [0.15, 0.2) is 0 Å². The molecular weight excluding hydrogens is 586 g/mol. The van der Waals surface area contributed by atoms with Crippen molar-refractivity contribution in [1.29, 1.82) is 0 Å². The summed E-state index contributed by atoms with van der Waals surface area (Å²) in [5, 5.41) is 24.1. The van der Waals surface area contributed by atoms with Crippen molar-refractivity contribution in [2.24, 2.45) is 11.3 Å². The predicted octanol–water partition coefficient (Wildman–Crippen LogP) is 4.74. The summed E-state index contributed by atoms with van der Waals surface area (Å²) in [5.74, 6) is -1.33. The Kier molecular flexibility index (Phi) is 15.0. The van der Waals surface area contributed by atoms with Gasteiger partial charge in [-0.05, 0) is 75.5 Å². The minimum atomic E-state index is -1.08. The van der Waals surface area contributed by atoms with Crippen molar-refractivity contribution in [3.63, 3.8) is 0 Å². The largest absolute Gasteiger partial charge is 0.511 e. The molecule has 46 heavy (non-hydrogen) atoms. The first kappa shape index (κ1) is 38.0. The molecule has 3 N–H and O–H groups in total. The van der Waals surface area contributed by atoms with Crippen LogP contribution in [0.5, 0.6) is 0 Å². The van der Waals surface area contributed by atoms with Crippen LogP contribution in [0, 0.1) is 32.1 Å². The monoisotopic (exact) mass is 645 g/mol. The molecule has 1 saturated carbocycles. The second-order valence-electron chi connectivity index (χ2n) is 14.2. The predicted molar refractivity (Wildman–Crippen MR) is 181 cm³/mol. The number of carboxylic acids is 1. The van der Waals surface area contributed by atoms with Crippen LogP contribution in [0.3, 0.4) is 0 Å². The summed E-state index contributed by atoms with van der Waals surface area (Å²) in [6.45, 7) is 22.2. The van der Waals surface area contributed by atoms with Crippen LogP contribution in [0.15, 0.2) is 17.9 Å². The van der Waals surface area contributed by atoms with Crippen molar-refractivity contribution in [3.8, 4) is 0 Å². The third kappa shape index (κ3) is 11.9. The molecule has 2 fully saturated rings. The number of nitrogens with zero attached hydrogens (tertiary/aromatic N) is 2. The maximum atomic E-state index is 12.2. The van der Waals surface area contributed by atoms with Crippen LogP contribution in [0.2, 0.25) is 0 Å². The molecule has 0 aromatic heterocycles. The molecule has 1 aromatic rings. The number of aliphatic carboxylic acids is 1. The van der Waals surface area contributed by atoms with Gasteiger partial charge in [-0.15, -0.1) is 0 Å². The fourth-order valence-corrected chi connectivity index (χ4v) is 6.29. The molecule has 10 nitrogen and oxygen atoms in total. The Balaban J connectivity index is 1.25. The number of hydrogen-bond acceptors (Lipinski definition) is 8. The summed E-state index contributed by atoms with van der Waals surface area (Å²) in [6, 6.07) is 4.02. The van der Waals surface area contributed by atoms with Gasteiger partial charge in [0.2, 0.25) is 5.91 Å². The molecule has 1 aliphatic heterocycles. The van der Waals surface area contributed by atoms with Crippen LogP contribution in [0.25, 0.3) is 5.57 Å². The number of nitrogens with one attached hydrogen (secondary N) is 1. The number of piperazine rings is 1. The SMILES string of the molecule is Cc1cc(C)c(/C(C(=O)O)=C(\O)C2CCC(OCCOCCN3CCN(CCOCC(=O)NC(C)C(C)(C)C)CC3)CC2)c(C)c1. The maximum Gasteiger partial charge on any atom is 0.339 e. The van der Waals surface area contributed by atoms with Crippen LogP contribution in [0.1, 0.15) is 75.6 Å². The number of allylic oxidation sites excluding steroid dienone is 1. The van der Waals surface area contributed by atoms with Crippen molar-refractivity contribution in [2.45, 2.75) is 86.3 Å². The number of amides is 1. The number of hydrogen-bond donors (Lipinski definition) is 3. The number of aliphatic hydroxyl groups is 1. The van der Waals surface area contributed by atoms with Gasteiger partial charge in [0.05, 0.1) is 32.5 Å². The van der Waals surface area contributed by atoms with Crippen LogP contribution >= 0.6 is 0 Å². The molecule has 2 aliphatic rings. The van der Waals surface area contributed by atoms with Crippen molar-refractivity contribution < 1.29 is 34.0 Å². The number of carbonyl (C=O) groups is 2. The Bertz CT molecular complexity index is 1140. The van der Waals surface area contributed by atoms with E-state index in [4.69, 9.17) is 14.2 Å². The van der Waals surface area contributed by atoms with Gasteiger partial charge >= 0.3 is 5.97 Å². The summed E-state index contributed by atoms with van der Waals surface area (Å²) in [7, 11) is 0. The highest BCUT2D eigenvalue weighted by Crippen LogP contribution is 2.36. The van der Waals surface area contributed by atoms with Gasteiger partial charge in [-0.2, -0.15) is 0 Å². The van der Waals surface area contributed by atoms with Gasteiger partial charge in [0, 0.05) is 51.2 Å². The van der Waals surface area contributed by atoms with Crippen LogP contribution in [-0.4, -0.2) is 116 Å². The third-order valence-electron chi connectivity index (χ3n) is 9.52. The zero-order valence-electron chi connectivity index (χ0n) is 29.3. The second kappa shape index (κ2) is 18.2. The minimum absolute atomic E-state index is 0.00991. The number of rotatable bonds is 16. The lowest BCUT2D eigenvalue weighted by Gasteiger charge is -2.34. The van der Waals surface area contributed by atoms with Gasteiger partial charge in [-0.25, -0.2) is 4.79 Å². The molecule has 1 heterocycles. The lowest BCUT2D eigenvalue weighted by atomic mass is 9.82. The molecule has 10 heteroatoms. The molecular formula is C36H59N3O7. The van der Waals surface area contributed by atoms with Crippen LogP contribution in [-0.2, 0) is 23.8 Å². The van der Waals surface area contributed by atoms with Gasteiger partial charge in [-0.1, -0.05) is 38.5 Å². The summed E-state index contributed by atoms with van der Waals surface area (Å²) in [5.41, 5.74) is 3.50. The van der Waals surface area contributed by atoms with E-state index in [-0.39, 0.29) is 47.3 Å². The van der Waals surface area contributed by atoms with Gasteiger partial charge in [0.25, 0.3) is 0 Å². The van der Waals surface area contributed by atoms with Crippen molar-refractivity contribution in [2.75, 3.05) is 72.3 Å². The third-order valence-corrected chi connectivity index (χ3v) is 9.52. The van der Waals surface area contributed by atoms with E-state index in [0.29, 0.717) is 44.8 Å². The number of aliphatic hydroxyl groups excluding tert-OH is 1. The topological polar surface area (TPSA) is 121 Å². The maximum absolute atomic E-state index is 12.2. The highest BCUT2D eigenvalue weighted by atomic mass is 16.5. The number of benzene rings is 1. The van der Waals surface area contributed by atoms with Crippen LogP contribution in [0.4, 0.5) is 0 Å². The van der Waals surface area contributed by atoms with Gasteiger partial charge < -0.3 is 29.7 Å². The van der Waals surface area contributed by atoms with E-state index >= 15 is 0 Å². The molecule has 0 radical (unpaired) electrons. The second-order valence-corrected chi connectivity index (χ2v) is 14.2. The van der Waals surface area contributed by atoms with E-state index < -0.39 is 5.97 Å². The number of ether oxygens (including phenoxy) is 3. The average Bonchev–Trinajstić information content (AvgIpc) is 2.98. The zero-order valence-corrected chi connectivity index (χ0v) is 29.3. The highest BCUT2D eigenvalue weighted by molar-refractivity contribution is 6.17. The molecule has 1 aromatic carbocycles. The Labute approximate surface area is 276 Å². The molecule has 260 valence electrons. The molecule has 1 amide bonds. The molecule has 0 bridgehead atoms. The lowest BCUT2D eigenvalue weighted by Crippen LogP contribution is -2.48. The van der Waals surface area contributed by atoms with Crippen LogP contribution < -0.4 is 5.32 Å². The van der Waals surface area contributed by atoms with Crippen molar-refractivity contribution in [1.82, 2.24) is 15.1 Å². The van der Waals surface area contributed by atoms with E-state index in [0.717, 1.165) is 68.8 Å². The van der Waals surface area contributed by atoms with Crippen molar-refractivity contribution in [3.05, 3.63) is 40.1 Å². The molecule has 3 rings (SSSR count). The Morgan fingerprint density at radius 3 is 1.93 bits per heavy atom. The number of carboxylic acid groups (broad SMARTS) is 1. The summed E-state index contributed by atoms with van der Waals surface area (Å²) < 4.78 is 17.5. The molecule has 1 atom stereocenters. The van der Waals surface area contributed by atoms with E-state index in [1.807, 2.05) is 39.8 Å². The zero-order chi connectivity index (χ0) is 33.9. The smallest absolute Gasteiger partial charge is 0.339 e. The van der Waals surface area contributed by atoms with Crippen molar-refractivity contribution >= 4 is 17.4 Å². The molecule has 1 aliphatic carbocycles. The Morgan fingerprint density at radius 1 is 0.870 bits per heavy atom. The average molecular weight is 646 g/mol. The normalized spacial score (nSPS) is 21.1. The highest BCUT2D eigenvalue weighted by Gasteiger charge is 2.30. The fourth-order valence-electron chi connectivity index (χ4n) is 6.29. The first-order valence-corrected chi connectivity index (χ1v) is 17.0. The summed E-state index contributed by atoms with van der Waals surface area (Å²) >= 11 is 0. The lowest BCUT2D eigenvalue weighted by molar-refractivity contribution is -0.130. The van der Waals surface area contributed by atoms with E-state index in [2.05, 4.69) is 35.9 Å². The molecule has 1 saturated heterocycles. The van der Waals surface area contributed by atoms with E-state index in [9.17, 15) is 19.8 Å². The van der Waals surface area contributed by atoms with Gasteiger partial charge in [0.1, 0.15) is 17.9 Å². The van der Waals surface area contributed by atoms with E-state index in [1.165, 1.54) is 0 Å². The van der Waals surface area contributed by atoms with Gasteiger partial charge in [-0.3, -0.25) is 14.6 Å².